The monoisotopic (exact) mass is 381 g/mol. The smallest absolute Gasteiger partial charge is 0.271 e. The van der Waals surface area contributed by atoms with Crippen LogP contribution in [0.1, 0.15) is 36.0 Å². The van der Waals surface area contributed by atoms with Crippen LogP contribution in [0.5, 0.6) is 11.5 Å². The molecule has 1 N–H and O–H groups in total. The Balaban J connectivity index is 1.82. The number of aryl methyl sites for hydroxylation is 2. The number of hydrogen-bond acceptors (Lipinski definition) is 4. The van der Waals surface area contributed by atoms with E-state index in [0.29, 0.717) is 18.0 Å². The molecule has 1 unspecified atom stereocenters. The Morgan fingerprint density at radius 3 is 2.54 bits per heavy atom. The Morgan fingerprint density at radius 1 is 1.00 bits per heavy atom. The molecule has 0 amide bonds. The summed E-state index contributed by atoms with van der Waals surface area (Å²) in [6, 6.07) is 12.2. The van der Waals surface area contributed by atoms with E-state index in [2.05, 4.69) is 41.5 Å². The van der Waals surface area contributed by atoms with E-state index in [1.165, 1.54) is 22.6 Å². The lowest BCUT2D eigenvalue weighted by atomic mass is 10.0. The maximum atomic E-state index is 11.9. The number of methoxy groups -OCH3 is 2. The van der Waals surface area contributed by atoms with Crippen molar-refractivity contribution in [3.63, 3.8) is 0 Å². The fourth-order valence-electron chi connectivity index (χ4n) is 4.46. The van der Waals surface area contributed by atoms with Gasteiger partial charge in [-0.3, -0.25) is 0 Å². The van der Waals surface area contributed by atoms with Gasteiger partial charge in [0.15, 0.2) is 18.0 Å². The van der Waals surface area contributed by atoms with Gasteiger partial charge in [-0.2, -0.15) is 0 Å². The van der Waals surface area contributed by atoms with Gasteiger partial charge in [0.1, 0.15) is 5.69 Å². The Bertz CT molecular complexity index is 937. The second-order valence-electron chi connectivity index (χ2n) is 7.79. The summed E-state index contributed by atoms with van der Waals surface area (Å²) in [6.45, 7) is 5.60. The highest BCUT2D eigenvalue weighted by atomic mass is 16.5. The van der Waals surface area contributed by atoms with Crippen LogP contribution in [0.3, 0.4) is 0 Å². The molecule has 0 fully saturated rings. The van der Waals surface area contributed by atoms with E-state index >= 15 is 0 Å². The maximum absolute atomic E-state index is 11.9. The molecule has 0 radical (unpaired) electrons. The number of ether oxygens (including phenoxy) is 2. The van der Waals surface area contributed by atoms with Crippen LogP contribution in [0.15, 0.2) is 36.4 Å². The van der Waals surface area contributed by atoms with Crippen LogP contribution in [0.25, 0.3) is 0 Å². The molecule has 0 aliphatic carbocycles. The molecular weight excluding hydrogens is 352 g/mol. The van der Waals surface area contributed by atoms with Crippen LogP contribution in [0, 0.1) is 13.8 Å². The van der Waals surface area contributed by atoms with Crippen molar-refractivity contribution in [3.05, 3.63) is 53.1 Å². The third kappa shape index (κ3) is 2.94. The SMILES string of the molecule is COc1ccc(C2(O)CN(c3cc(C)ccc3C)C3=[N+]2CCCC3)cc1OC. The third-order valence-corrected chi connectivity index (χ3v) is 5.98. The Kier molecular flexibility index (Phi) is 4.79. The van der Waals surface area contributed by atoms with Gasteiger partial charge in [0, 0.05) is 12.0 Å². The molecule has 5 nitrogen and oxygen atoms in total. The summed E-state index contributed by atoms with van der Waals surface area (Å²) < 4.78 is 13.0. The summed E-state index contributed by atoms with van der Waals surface area (Å²) in [7, 11) is 3.25. The molecule has 0 saturated heterocycles. The first-order valence-corrected chi connectivity index (χ1v) is 9.91. The van der Waals surface area contributed by atoms with E-state index in [0.717, 1.165) is 31.4 Å². The number of benzene rings is 2. The second kappa shape index (κ2) is 7.13. The average Bonchev–Trinajstić information content (AvgIpc) is 3.03. The van der Waals surface area contributed by atoms with Gasteiger partial charge in [-0.15, -0.1) is 0 Å². The van der Waals surface area contributed by atoms with Gasteiger partial charge < -0.3 is 14.6 Å². The predicted molar refractivity (Wildman–Crippen MR) is 111 cm³/mol. The molecule has 148 valence electrons. The van der Waals surface area contributed by atoms with E-state index in [1.54, 1.807) is 14.2 Å². The highest BCUT2D eigenvalue weighted by Crippen LogP contribution is 2.39. The summed E-state index contributed by atoms with van der Waals surface area (Å²) >= 11 is 0. The van der Waals surface area contributed by atoms with Gasteiger partial charge in [0.25, 0.3) is 11.6 Å². The molecule has 5 heteroatoms. The fraction of sp³-hybridized carbons (Fsp3) is 0.435. The number of hydrogen-bond donors (Lipinski definition) is 1. The Hall–Kier alpha value is -2.53. The minimum absolute atomic E-state index is 0.502. The van der Waals surface area contributed by atoms with Crippen molar-refractivity contribution >= 4 is 11.5 Å². The first-order chi connectivity index (χ1) is 13.5. The highest BCUT2D eigenvalue weighted by molar-refractivity contribution is 5.96. The molecule has 28 heavy (non-hydrogen) atoms. The molecule has 0 bridgehead atoms. The summed E-state index contributed by atoms with van der Waals surface area (Å²) in [6.07, 6.45) is 3.21. The molecule has 0 spiro atoms. The van der Waals surface area contributed by atoms with Gasteiger partial charge in [-0.25, -0.2) is 9.48 Å². The average molecular weight is 381 g/mol. The van der Waals surface area contributed by atoms with Gasteiger partial charge in [0.2, 0.25) is 0 Å². The second-order valence-corrected chi connectivity index (χ2v) is 7.79. The molecule has 4 rings (SSSR count). The van der Waals surface area contributed by atoms with Crippen LogP contribution in [0.2, 0.25) is 0 Å². The lowest BCUT2D eigenvalue weighted by Crippen LogP contribution is -2.41. The summed E-state index contributed by atoms with van der Waals surface area (Å²) in [5.74, 6) is 2.51. The number of aliphatic hydroxyl groups is 1. The number of anilines is 1. The lowest BCUT2D eigenvalue weighted by molar-refractivity contribution is -0.661. The van der Waals surface area contributed by atoms with E-state index < -0.39 is 5.72 Å². The Labute approximate surface area is 166 Å². The van der Waals surface area contributed by atoms with Crippen molar-refractivity contribution in [2.75, 3.05) is 32.2 Å². The predicted octanol–water partition coefficient (Wildman–Crippen LogP) is 3.58. The van der Waals surface area contributed by atoms with Gasteiger partial charge in [-0.05, 0) is 62.1 Å². The van der Waals surface area contributed by atoms with Crippen LogP contribution < -0.4 is 14.4 Å². The van der Waals surface area contributed by atoms with E-state index in [-0.39, 0.29) is 0 Å². The van der Waals surface area contributed by atoms with E-state index in [1.807, 2.05) is 18.2 Å². The van der Waals surface area contributed by atoms with Gasteiger partial charge >= 0.3 is 0 Å². The van der Waals surface area contributed by atoms with Crippen molar-refractivity contribution in [1.29, 1.82) is 0 Å². The standard InChI is InChI=1S/C23H29N2O3/c1-16-8-9-17(2)19(13-16)24-15-23(26,25-12-6-5-7-22(24)25)18-10-11-20(27-3)21(14-18)28-4/h8-11,13-14,26H,5-7,12,15H2,1-4H3/q+1. The first kappa shape index (κ1) is 18.8. The number of rotatable bonds is 4. The quantitative estimate of drug-likeness (QED) is 0.823. The molecule has 1 atom stereocenters. The normalized spacial score (nSPS) is 21.7. The Morgan fingerprint density at radius 2 is 1.79 bits per heavy atom. The van der Waals surface area contributed by atoms with Crippen LogP contribution in [-0.4, -0.2) is 42.8 Å². The van der Waals surface area contributed by atoms with Gasteiger partial charge in [-0.1, -0.05) is 12.1 Å². The minimum Gasteiger partial charge on any atom is -0.493 e. The molecule has 0 saturated carbocycles. The van der Waals surface area contributed by atoms with Crippen molar-refractivity contribution in [2.45, 2.75) is 38.8 Å². The van der Waals surface area contributed by atoms with E-state index in [4.69, 9.17) is 9.47 Å². The first-order valence-electron chi connectivity index (χ1n) is 9.91. The molecular formula is C23H29N2O3+. The largest absolute Gasteiger partial charge is 0.493 e. The number of amidine groups is 1. The highest BCUT2D eigenvalue weighted by Gasteiger charge is 2.53. The van der Waals surface area contributed by atoms with E-state index in [9.17, 15) is 5.11 Å². The van der Waals surface area contributed by atoms with Crippen LogP contribution >= 0.6 is 0 Å². The van der Waals surface area contributed by atoms with Crippen molar-refractivity contribution in [2.24, 2.45) is 0 Å². The zero-order valence-electron chi connectivity index (χ0n) is 17.2. The molecule has 0 aromatic heterocycles. The number of nitrogens with zero attached hydrogens (tertiary/aromatic N) is 2. The van der Waals surface area contributed by atoms with Crippen LogP contribution in [0.4, 0.5) is 5.69 Å². The molecule has 2 heterocycles. The summed E-state index contributed by atoms with van der Waals surface area (Å²) in [5.41, 5.74) is 3.37. The fourth-order valence-corrected chi connectivity index (χ4v) is 4.46. The zero-order valence-corrected chi connectivity index (χ0v) is 17.2. The van der Waals surface area contributed by atoms with Gasteiger partial charge in [0.05, 0.1) is 20.8 Å². The zero-order chi connectivity index (χ0) is 19.9. The maximum Gasteiger partial charge on any atom is 0.271 e. The topological polar surface area (TPSA) is 44.9 Å². The minimum atomic E-state index is -1.09. The third-order valence-electron chi connectivity index (χ3n) is 5.98. The van der Waals surface area contributed by atoms with Crippen molar-refractivity contribution in [3.8, 4) is 11.5 Å². The molecule has 2 aliphatic rings. The van der Waals surface area contributed by atoms with Crippen molar-refractivity contribution in [1.82, 2.24) is 0 Å². The molecule has 2 aromatic carbocycles. The summed E-state index contributed by atoms with van der Waals surface area (Å²) in [5, 5.41) is 11.9. The van der Waals surface area contributed by atoms with Crippen molar-refractivity contribution < 1.29 is 19.2 Å². The lowest BCUT2D eigenvalue weighted by Gasteiger charge is -2.25. The number of β-amino-alcohol motifs (C(OH)–C–C–N with tert-alkyl or cyclic N) is 1. The molecule has 2 aliphatic heterocycles. The van der Waals surface area contributed by atoms with Crippen LogP contribution in [-0.2, 0) is 5.72 Å². The summed E-state index contributed by atoms with van der Waals surface area (Å²) in [4.78, 5) is 2.30. The molecule has 2 aromatic rings.